The van der Waals surface area contributed by atoms with Gasteiger partial charge >= 0.3 is 0 Å². The fourth-order valence-corrected chi connectivity index (χ4v) is 6.00. The summed E-state index contributed by atoms with van der Waals surface area (Å²) in [5.41, 5.74) is 2.23. The Morgan fingerprint density at radius 3 is 2.54 bits per heavy atom. The molecule has 0 amide bonds. The number of pyridine rings is 1. The monoisotopic (exact) mass is 501 g/mol. The lowest BCUT2D eigenvalue weighted by molar-refractivity contribution is 0.120. The molecule has 2 aliphatic rings. The molecule has 0 spiro atoms. The second kappa shape index (κ2) is 8.96. The van der Waals surface area contributed by atoms with Crippen LogP contribution in [0.5, 0.6) is 0 Å². The minimum Gasteiger partial charge on any atom is -0.370 e. The molecule has 3 heterocycles. The highest BCUT2D eigenvalue weighted by molar-refractivity contribution is 7.90. The molecule has 1 saturated heterocycles. The van der Waals surface area contributed by atoms with E-state index >= 15 is 0 Å². The van der Waals surface area contributed by atoms with Crippen LogP contribution in [-0.4, -0.2) is 54.9 Å². The van der Waals surface area contributed by atoms with E-state index in [1.165, 1.54) is 11.8 Å². The second-order valence-corrected chi connectivity index (χ2v) is 12.3. The average Bonchev–Trinajstić information content (AvgIpc) is 3.56. The zero-order valence-corrected chi connectivity index (χ0v) is 20.8. The third-order valence-corrected chi connectivity index (χ3v) is 7.87. The molecule has 1 aliphatic heterocycles. The molecule has 5 rings (SSSR count). The maximum Gasteiger partial charge on any atom is 0.242 e. The molecule has 0 radical (unpaired) electrons. The van der Waals surface area contributed by atoms with Gasteiger partial charge in [-0.3, -0.25) is 0 Å². The summed E-state index contributed by atoms with van der Waals surface area (Å²) < 4.78 is 49.2. The van der Waals surface area contributed by atoms with Crippen LogP contribution < -0.4 is 10.2 Å². The Bertz CT molecular complexity index is 1360. The lowest BCUT2D eigenvalue weighted by atomic mass is 9.93. The van der Waals surface area contributed by atoms with Gasteiger partial charge in [0, 0.05) is 60.6 Å². The molecule has 2 fully saturated rings. The van der Waals surface area contributed by atoms with Crippen LogP contribution in [0, 0.1) is 11.8 Å². The topological polar surface area (TPSA) is 88.1 Å². The fraction of sp³-hybridized carbons (Fsp3) is 0.480. The molecule has 7 nitrogen and oxygen atoms in total. The average molecular weight is 502 g/mol. The van der Waals surface area contributed by atoms with Crippen LogP contribution in [-0.2, 0) is 9.84 Å². The number of hydrogen-bond donors (Lipinski definition) is 1. The van der Waals surface area contributed by atoms with Gasteiger partial charge in [0.15, 0.2) is 0 Å². The maximum atomic E-state index is 13.0. The summed E-state index contributed by atoms with van der Waals surface area (Å²) in [6, 6.07) is 7.91. The molecule has 2 unspecified atom stereocenters. The highest BCUT2D eigenvalue weighted by atomic mass is 32.2. The standard InChI is InChI=1S/C25H29F2N5O2S/c1-14(2)16-4-5-21(32-11-15(12-32)13-35(3,33)34)20-10-29-23(9-17(16)20)30-22-6-7-28-25(31-22)19-8-18(19)24(26)27/h4-7,9-10,14-15,18-19,24H,8,11-13H2,1-3H3,(H,28,29,30,31). The third kappa shape index (κ3) is 5.07. The van der Waals surface area contributed by atoms with Gasteiger partial charge in [-0.15, -0.1) is 0 Å². The van der Waals surface area contributed by atoms with Crippen molar-refractivity contribution in [2.75, 3.05) is 35.3 Å². The van der Waals surface area contributed by atoms with Crippen molar-refractivity contribution in [3.05, 3.63) is 48.0 Å². The first-order valence-electron chi connectivity index (χ1n) is 11.8. The number of sulfone groups is 1. The first-order valence-corrected chi connectivity index (χ1v) is 13.9. The Morgan fingerprint density at radius 2 is 1.89 bits per heavy atom. The molecule has 1 N–H and O–H groups in total. The lowest BCUT2D eigenvalue weighted by Crippen LogP contribution is -2.49. The molecule has 2 aromatic heterocycles. The van der Waals surface area contributed by atoms with E-state index in [0.29, 0.717) is 42.9 Å². The summed E-state index contributed by atoms with van der Waals surface area (Å²) in [6.45, 7) is 5.68. The summed E-state index contributed by atoms with van der Waals surface area (Å²) in [6.07, 6.45) is 2.76. The number of aromatic nitrogens is 3. The van der Waals surface area contributed by atoms with Crippen LogP contribution >= 0.6 is 0 Å². The number of alkyl halides is 2. The van der Waals surface area contributed by atoms with Crippen LogP contribution in [0.15, 0.2) is 36.7 Å². The summed E-state index contributed by atoms with van der Waals surface area (Å²) in [4.78, 5) is 15.4. The summed E-state index contributed by atoms with van der Waals surface area (Å²) in [5, 5.41) is 5.29. The Labute approximate surface area is 203 Å². The van der Waals surface area contributed by atoms with Crippen molar-refractivity contribution in [2.24, 2.45) is 11.8 Å². The van der Waals surface area contributed by atoms with Gasteiger partial charge in [-0.05, 0) is 41.5 Å². The number of anilines is 3. The van der Waals surface area contributed by atoms with E-state index in [4.69, 9.17) is 0 Å². The number of hydrogen-bond acceptors (Lipinski definition) is 7. The first kappa shape index (κ1) is 23.8. The van der Waals surface area contributed by atoms with Crippen molar-refractivity contribution in [3.63, 3.8) is 0 Å². The molecule has 3 aromatic rings. The smallest absolute Gasteiger partial charge is 0.242 e. The first-order chi connectivity index (χ1) is 16.6. The van der Waals surface area contributed by atoms with Crippen molar-refractivity contribution >= 4 is 37.9 Å². The Morgan fingerprint density at radius 1 is 1.11 bits per heavy atom. The van der Waals surface area contributed by atoms with E-state index in [1.807, 2.05) is 12.3 Å². The number of rotatable bonds is 8. The molecule has 1 aromatic carbocycles. The molecular formula is C25H29F2N5O2S. The molecular weight excluding hydrogens is 472 g/mol. The van der Waals surface area contributed by atoms with Gasteiger partial charge in [0.2, 0.25) is 6.43 Å². The van der Waals surface area contributed by atoms with Gasteiger partial charge in [-0.25, -0.2) is 32.2 Å². The predicted molar refractivity (Wildman–Crippen MR) is 133 cm³/mol. The Balaban J connectivity index is 1.40. The molecule has 10 heteroatoms. The number of nitrogens with one attached hydrogen (secondary N) is 1. The summed E-state index contributed by atoms with van der Waals surface area (Å²) >= 11 is 0. The van der Waals surface area contributed by atoms with E-state index in [0.717, 1.165) is 16.5 Å². The molecule has 1 aliphatic carbocycles. The van der Waals surface area contributed by atoms with Crippen molar-refractivity contribution < 1.29 is 17.2 Å². The highest BCUT2D eigenvalue weighted by Gasteiger charge is 2.47. The molecule has 2 atom stereocenters. The largest absolute Gasteiger partial charge is 0.370 e. The second-order valence-electron chi connectivity index (χ2n) is 10.1. The van der Waals surface area contributed by atoms with Gasteiger partial charge in [-0.1, -0.05) is 19.9 Å². The van der Waals surface area contributed by atoms with Gasteiger partial charge in [0.1, 0.15) is 27.3 Å². The minimum atomic E-state index is -2.99. The van der Waals surface area contributed by atoms with E-state index < -0.39 is 22.2 Å². The van der Waals surface area contributed by atoms with Crippen LogP contribution in [0.25, 0.3) is 10.8 Å². The van der Waals surface area contributed by atoms with Gasteiger partial charge in [0.05, 0.1) is 5.75 Å². The number of halogens is 2. The zero-order chi connectivity index (χ0) is 24.9. The SMILES string of the molecule is CC(C)c1ccc(N2CC(CS(C)(=O)=O)C2)c2cnc(Nc3ccnc(C4CC4C(F)F)n3)cc12. The van der Waals surface area contributed by atoms with Crippen molar-refractivity contribution in [1.29, 1.82) is 0 Å². The number of benzene rings is 1. The molecule has 186 valence electrons. The number of fused-ring (bicyclic) bond motifs is 1. The van der Waals surface area contributed by atoms with E-state index in [9.17, 15) is 17.2 Å². The maximum absolute atomic E-state index is 13.0. The van der Waals surface area contributed by atoms with Crippen LogP contribution in [0.1, 0.15) is 43.5 Å². The quantitative estimate of drug-likeness (QED) is 0.477. The summed E-state index contributed by atoms with van der Waals surface area (Å²) in [7, 11) is -2.99. The number of nitrogens with zero attached hydrogens (tertiary/aromatic N) is 4. The van der Waals surface area contributed by atoms with Crippen molar-refractivity contribution in [3.8, 4) is 0 Å². The normalized spacial score (nSPS) is 20.5. The van der Waals surface area contributed by atoms with E-state index in [-0.39, 0.29) is 17.6 Å². The zero-order valence-electron chi connectivity index (χ0n) is 19.9. The summed E-state index contributed by atoms with van der Waals surface area (Å²) in [5.74, 6) is 1.26. The van der Waals surface area contributed by atoms with Gasteiger partial charge in [-0.2, -0.15) is 0 Å². The minimum absolute atomic E-state index is 0.141. The van der Waals surface area contributed by atoms with Crippen LogP contribution in [0.3, 0.4) is 0 Å². The van der Waals surface area contributed by atoms with Crippen LogP contribution in [0.4, 0.5) is 26.1 Å². The van der Waals surface area contributed by atoms with Crippen molar-refractivity contribution in [1.82, 2.24) is 15.0 Å². The van der Waals surface area contributed by atoms with Gasteiger partial charge < -0.3 is 10.2 Å². The van der Waals surface area contributed by atoms with E-state index in [2.05, 4.69) is 51.1 Å². The highest BCUT2D eigenvalue weighted by Crippen LogP contribution is 2.49. The van der Waals surface area contributed by atoms with Gasteiger partial charge in [0.25, 0.3) is 0 Å². The third-order valence-electron chi connectivity index (χ3n) is 6.80. The predicted octanol–water partition coefficient (Wildman–Crippen LogP) is 4.74. The Kier molecular flexibility index (Phi) is 6.11. The molecule has 35 heavy (non-hydrogen) atoms. The van der Waals surface area contributed by atoms with Crippen molar-refractivity contribution in [2.45, 2.75) is 38.5 Å². The van der Waals surface area contributed by atoms with E-state index in [1.54, 1.807) is 12.3 Å². The lowest BCUT2D eigenvalue weighted by Gasteiger charge is -2.41. The fourth-order valence-electron chi connectivity index (χ4n) is 4.94. The van der Waals surface area contributed by atoms with Crippen LogP contribution in [0.2, 0.25) is 0 Å². The Hall–Kier alpha value is -2.88. The molecule has 0 bridgehead atoms. The molecule has 1 saturated carbocycles.